The molecule has 0 atom stereocenters. The van der Waals surface area contributed by atoms with Gasteiger partial charge in [0.05, 0.1) is 4.90 Å². The number of nitrogen functional groups attached to an aromatic ring is 2. The zero-order valence-electron chi connectivity index (χ0n) is 13.5. The Kier molecular flexibility index (Phi) is 5.54. The summed E-state index contributed by atoms with van der Waals surface area (Å²) in [4.78, 5) is 8.16. The molecule has 0 aliphatic carbocycles. The average Bonchev–Trinajstić information content (AvgIpc) is 2.58. The predicted molar refractivity (Wildman–Crippen MR) is 94.1 cm³/mol. The molecule has 9 nitrogen and oxygen atoms in total. The SMILES string of the molecule is CCN(CC)S(=O)(=O)c1ccc(Nc2ncnc(NN)c2N)cc1. The van der Waals surface area contributed by atoms with Crippen molar-refractivity contribution >= 4 is 33.0 Å². The minimum atomic E-state index is -3.48. The molecule has 0 bridgehead atoms. The van der Waals surface area contributed by atoms with Crippen LogP contribution >= 0.6 is 0 Å². The highest BCUT2D eigenvalue weighted by atomic mass is 32.2. The number of benzene rings is 1. The molecule has 0 unspecified atom stereocenters. The summed E-state index contributed by atoms with van der Waals surface area (Å²) in [5.74, 6) is 5.99. The summed E-state index contributed by atoms with van der Waals surface area (Å²) in [5.41, 5.74) is 9.16. The summed E-state index contributed by atoms with van der Waals surface area (Å²) < 4.78 is 26.3. The summed E-state index contributed by atoms with van der Waals surface area (Å²) in [5, 5.41) is 3.00. The van der Waals surface area contributed by atoms with Crippen molar-refractivity contribution in [3.63, 3.8) is 0 Å². The summed E-state index contributed by atoms with van der Waals surface area (Å²) in [6.45, 7) is 4.45. The maximum atomic E-state index is 12.4. The normalized spacial score (nSPS) is 11.5. The third kappa shape index (κ3) is 3.55. The number of sulfonamides is 1. The van der Waals surface area contributed by atoms with E-state index in [0.29, 0.717) is 30.4 Å². The molecule has 10 heteroatoms. The van der Waals surface area contributed by atoms with Crippen LogP contribution in [0.3, 0.4) is 0 Å². The van der Waals surface area contributed by atoms with Crippen LogP contribution in [0.15, 0.2) is 35.5 Å². The lowest BCUT2D eigenvalue weighted by molar-refractivity contribution is 0.445. The van der Waals surface area contributed by atoms with Gasteiger partial charge in [0, 0.05) is 18.8 Å². The lowest BCUT2D eigenvalue weighted by Gasteiger charge is -2.18. The van der Waals surface area contributed by atoms with Crippen LogP contribution in [0, 0.1) is 0 Å². The number of hydrogen-bond acceptors (Lipinski definition) is 8. The van der Waals surface area contributed by atoms with Gasteiger partial charge in [0.1, 0.15) is 12.0 Å². The van der Waals surface area contributed by atoms with Crippen molar-refractivity contribution in [1.29, 1.82) is 0 Å². The molecule has 0 amide bonds. The van der Waals surface area contributed by atoms with E-state index in [1.807, 2.05) is 0 Å². The Hall–Kier alpha value is -2.43. The minimum absolute atomic E-state index is 0.233. The highest BCUT2D eigenvalue weighted by Gasteiger charge is 2.21. The molecule has 1 aromatic heterocycles. The van der Waals surface area contributed by atoms with Crippen molar-refractivity contribution in [3.8, 4) is 0 Å². The van der Waals surface area contributed by atoms with Crippen LogP contribution in [0.1, 0.15) is 13.8 Å². The number of rotatable bonds is 7. The van der Waals surface area contributed by atoms with E-state index in [4.69, 9.17) is 11.6 Å². The van der Waals surface area contributed by atoms with E-state index < -0.39 is 10.0 Å². The Morgan fingerprint density at radius 3 is 2.21 bits per heavy atom. The lowest BCUT2D eigenvalue weighted by atomic mass is 10.3. The number of hydrazine groups is 1. The van der Waals surface area contributed by atoms with Crippen molar-refractivity contribution < 1.29 is 8.42 Å². The van der Waals surface area contributed by atoms with Gasteiger partial charge >= 0.3 is 0 Å². The van der Waals surface area contributed by atoms with Gasteiger partial charge in [-0.1, -0.05) is 13.8 Å². The third-order valence-electron chi connectivity index (χ3n) is 3.48. The Balaban J connectivity index is 2.25. The van der Waals surface area contributed by atoms with Crippen LogP contribution in [0.2, 0.25) is 0 Å². The van der Waals surface area contributed by atoms with E-state index in [0.717, 1.165) is 0 Å². The monoisotopic (exact) mass is 351 g/mol. The molecule has 130 valence electrons. The molecule has 0 saturated carbocycles. The van der Waals surface area contributed by atoms with Crippen molar-refractivity contribution in [2.75, 3.05) is 29.6 Å². The van der Waals surface area contributed by atoms with E-state index in [2.05, 4.69) is 20.7 Å². The summed E-state index contributed by atoms with van der Waals surface area (Å²) in [6, 6.07) is 6.37. The molecule has 2 aromatic rings. The first-order valence-electron chi connectivity index (χ1n) is 7.38. The van der Waals surface area contributed by atoms with E-state index in [9.17, 15) is 8.42 Å². The molecular weight excluding hydrogens is 330 g/mol. The van der Waals surface area contributed by atoms with Crippen molar-refractivity contribution in [2.45, 2.75) is 18.7 Å². The molecule has 0 radical (unpaired) electrons. The second kappa shape index (κ2) is 7.43. The summed E-state index contributed by atoms with van der Waals surface area (Å²) >= 11 is 0. The van der Waals surface area contributed by atoms with Crippen molar-refractivity contribution in [1.82, 2.24) is 14.3 Å². The van der Waals surface area contributed by atoms with Gasteiger partial charge in [-0.05, 0) is 24.3 Å². The Bertz CT molecular complexity index is 789. The minimum Gasteiger partial charge on any atom is -0.393 e. The van der Waals surface area contributed by atoms with Gasteiger partial charge < -0.3 is 16.5 Å². The molecular formula is C14H21N7O2S. The first-order valence-corrected chi connectivity index (χ1v) is 8.82. The molecule has 0 spiro atoms. The quantitative estimate of drug-likeness (QED) is 0.430. The lowest BCUT2D eigenvalue weighted by Crippen LogP contribution is -2.30. The zero-order valence-corrected chi connectivity index (χ0v) is 14.3. The van der Waals surface area contributed by atoms with Gasteiger partial charge in [0.25, 0.3) is 0 Å². The van der Waals surface area contributed by atoms with Gasteiger partial charge in [0.15, 0.2) is 11.6 Å². The fourth-order valence-electron chi connectivity index (χ4n) is 2.17. The molecule has 0 saturated heterocycles. The van der Waals surface area contributed by atoms with E-state index in [1.165, 1.54) is 22.8 Å². The van der Waals surface area contributed by atoms with Gasteiger partial charge in [0.2, 0.25) is 10.0 Å². The molecule has 0 aliphatic rings. The Morgan fingerprint density at radius 2 is 1.67 bits per heavy atom. The first kappa shape index (κ1) is 17.9. The number of nitrogens with two attached hydrogens (primary N) is 2. The standard InChI is InChI=1S/C14H21N7O2S/c1-3-21(4-2)24(22,23)11-7-5-10(6-8-11)19-13-12(15)14(20-16)18-9-17-13/h5-9H,3-4,15-16H2,1-2H3,(H2,17,18,19,20). The molecule has 0 fully saturated rings. The smallest absolute Gasteiger partial charge is 0.243 e. The van der Waals surface area contributed by atoms with Crippen molar-refractivity contribution in [3.05, 3.63) is 30.6 Å². The highest BCUT2D eigenvalue weighted by molar-refractivity contribution is 7.89. The van der Waals surface area contributed by atoms with Crippen LogP contribution in [-0.4, -0.2) is 35.8 Å². The van der Waals surface area contributed by atoms with Crippen LogP contribution in [-0.2, 0) is 10.0 Å². The van der Waals surface area contributed by atoms with E-state index in [1.54, 1.807) is 26.0 Å². The first-order chi connectivity index (χ1) is 11.4. The average molecular weight is 351 g/mol. The second-order valence-corrected chi connectivity index (χ2v) is 6.81. The highest BCUT2D eigenvalue weighted by Crippen LogP contribution is 2.26. The predicted octanol–water partition coefficient (Wildman–Crippen LogP) is 1.12. The Labute approximate surface area is 141 Å². The maximum absolute atomic E-state index is 12.4. The van der Waals surface area contributed by atoms with E-state index in [-0.39, 0.29) is 10.6 Å². The Morgan fingerprint density at radius 1 is 1.08 bits per heavy atom. The second-order valence-electron chi connectivity index (χ2n) is 4.87. The number of nitrogens with zero attached hydrogens (tertiary/aromatic N) is 3. The van der Waals surface area contributed by atoms with Gasteiger partial charge in [-0.15, -0.1) is 0 Å². The molecule has 6 N–H and O–H groups in total. The molecule has 2 rings (SSSR count). The van der Waals surface area contributed by atoms with Crippen LogP contribution in [0.25, 0.3) is 0 Å². The molecule has 0 aliphatic heterocycles. The number of nitrogens with one attached hydrogen (secondary N) is 2. The van der Waals surface area contributed by atoms with E-state index >= 15 is 0 Å². The zero-order chi connectivity index (χ0) is 17.7. The summed E-state index contributed by atoms with van der Waals surface area (Å²) in [7, 11) is -3.48. The molecule has 24 heavy (non-hydrogen) atoms. The molecule has 1 aromatic carbocycles. The fraction of sp³-hybridized carbons (Fsp3) is 0.286. The number of aromatic nitrogens is 2. The van der Waals surface area contributed by atoms with Gasteiger partial charge in [-0.3, -0.25) is 0 Å². The summed E-state index contributed by atoms with van der Waals surface area (Å²) in [6.07, 6.45) is 1.31. The maximum Gasteiger partial charge on any atom is 0.243 e. The van der Waals surface area contributed by atoms with Gasteiger partial charge in [-0.25, -0.2) is 24.2 Å². The fourth-order valence-corrected chi connectivity index (χ4v) is 3.63. The topological polar surface area (TPSA) is 139 Å². The van der Waals surface area contributed by atoms with Crippen LogP contribution in [0.4, 0.5) is 23.0 Å². The number of hydrogen-bond donors (Lipinski definition) is 4. The van der Waals surface area contributed by atoms with Crippen molar-refractivity contribution in [2.24, 2.45) is 5.84 Å². The van der Waals surface area contributed by atoms with Crippen LogP contribution < -0.4 is 22.3 Å². The number of anilines is 4. The van der Waals surface area contributed by atoms with Crippen LogP contribution in [0.5, 0.6) is 0 Å². The largest absolute Gasteiger partial charge is 0.393 e. The van der Waals surface area contributed by atoms with Gasteiger partial charge in [-0.2, -0.15) is 4.31 Å². The molecule has 1 heterocycles. The third-order valence-corrected chi connectivity index (χ3v) is 5.54.